The number of nitrogens with zero attached hydrogens (tertiary/aromatic N) is 3. The van der Waals surface area contributed by atoms with Crippen molar-refractivity contribution < 1.29 is 0 Å². The largest absolute Gasteiger partial charge is 0.378 e. The van der Waals surface area contributed by atoms with Gasteiger partial charge in [0.2, 0.25) is 0 Å². The van der Waals surface area contributed by atoms with E-state index in [0.29, 0.717) is 6.04 Å². The highest BCUT2D eigenvalue weighted by molar-refractivity contribution is 5.71. The summed E-state index contributed by atoms with van der Waals surface area (Å²) >= 11 is 0. The Morgan fingerprint density at radius 1 is 1.46 bits per heavy atom. The van der Waals surface area contributed by atoms with E-state index in [1.165, 1.54) is 11.5 Å². The second-order valence-corrected chi connectivity index (χ2v) is 3.75. The Kier molecular flexibility index (Phi) is 1.71. The van der Waals surface area contributed by atoms with E-state index < -0.39 is 0 Å². The van der Waals surface area contributed by atoms with Gasteiger partial charge in [0.05, 0.1) is 5.69 Å². The second-order valence-electron chi connectivity index (χ2n) is 3.75. The number of hydrogen-bond donors (Lipinski definition) is 1. The van der Waals surface area contributed by atoms with Crippen LogP contribution >= 0.6 is 0 Å². The summed E-state index contributed by atoms with van der Waals surface area (Å²) in [4.78, 5) is 2.27. The first-order chi connectivity index (χ1) is 6.11. The summed E-state index contributed by atoms with van der Waals surface area (Å²) in [6.07, 6.45) is 0. The molecule has 13 heavy (non-hydrogen) atoms. The Hall–Kier alpha value is -1.19. The number of likely N-dealkylation sites (N-methyl/N-ethyl adjacent to an activating group) is 1. The number of nitrogens with one attached hydrogen (secondary N) is 1. The first-order valence-corrected chi connectivity index (χ1v) is 4.61. The molecule has 0 radical (unpaired) electrons. The lowest BCUT2D eigenvalue weighted by Crippen LogP contribution is -2.40. The summed E-state index contributed by atoms with van der Waals surface area (Å²) in [6.45, 7) is 5.24. The fourth-order valence-corrected chi connectivity index (χ4v) is 1.85. The van der Waals surface area contributed by atoms with Crippen LogP contribution in [0.2, 0.25) is 0 Å². The van der Waals surface area contributed by atoms with Crippen molar-refractivity contribution in [3.63, 3.8) is 0 Å². The van der Waals surface area contributed by atoms with E-state index in [1.807, 2.05) is 18.7 Å². The molecule has 0 aliphatic carbocycles. The molecule has 1 aliphatic heterocycles. The number of aryl methyl sites for hydroxylation is 2. The third kappa shape index (κ3) is 1.08. The van der Waals surface area contributed by atoms with E-state index in [2.05, 4.69) is 29.3 Å². The van der Waals surface area contributed by atoms with E-state index >= 15 is 0 Å². The molecular weight excluding hydrogens is 164 g/mol. The van der Waals surface area contributed by atoms with Crippen molar-refractivity contribution in [2.24, 2.45) is 7.05 Å². The first kappa shape index (κ1) is 8.41. The van der Waals surface area contributed by atoms with Gasteiger partial charge < -0.3 is 10.2 Å². The average Bonchev–Trinajstić information content (AvgIpc) is 2.35. The van der Waals surface area contributed by atoms with Crippen molar-refractivity contribution in [3.05, 3.63) is 5.69 Å². The Labute approximate surface area is 78.5 Å². The highest BCUT2D eigenvalue weighted by atomic mass is 15.4. The monoisotopic (exact) mass is 180 g/mol. The van der Waals surface area contributed by atoms with Crippen LogP contribution < -0.4 is 10.2 Å². The van der Waals surface area contributed by atoms with Crippen LogP contribution in [0.15, 0.2) is 0 Å². The molecule has 1 unspecified atom stereocenters. The maximum atomic E-state index is 4.39. The molecule has 0 amide bonds. The molecule has 1 aromatic heterocycles. The maximum absolute atomic E-state index is 4.39. The number of aromatic nitrogens is 2. The summed E-state index contributed by atoms with van der Waals surface area (Å²) in [5.41, 5.74) is 2.26. The summed E-state index contributed by atoms with van der Waals surface area (Å²) in [5, 5.41) is 7.80. The molecule has 72 valence electrons. The number of anilines is 2. The summed E-state index contributed by atoms with van der Waals surface area (Å²) in [6, 6.07) is 0.530. The third-order valence-electron chi connectivity index (χ3n) is 2.76. The molecule has 1 atom stereocenters. The molecule has 1 aliphatic rings. The zero-order valence-electron chi connectivity index (χ0n) is 8.63. The number of rotatable bonds is 0. The Balaban J connectivity index is 2.52. The van der Waals surface area contributed by atoms with Crippen molar-refractivity contribution in [2.75, 3.05) is 23.8 Å². The molecule has 0 aromatic carbocycles. The van der Waals surface area contributed by atoms with Crippen molar-refractivity contribution in [3.8, 4) is 0 Å². The van der Waals surface area contributed by atoms with E-state index in [-0.39, 0.29) is 0 Å². The molecule has 0 bridgehead atoms. The summed E-state index contributed by atoms with van der Waals surface area (Å²) < 4.78 is 1.94. The van der Waals surface area contributed by atoms with Gasteiger partial charge >= 0.3 is 0 Å². The van der Waals surface area contributed by atoms with Gasteiger partial charge in [-0.1, -0.05) is 0 Å². The standard InChI is InChI=1S/C9H16N4/c1-6-5-10-8-7(2)11-13(4)9(8)12(6)3/h6,10H,5H2,1-4H3. The van der Waals surface area contributed by atoms with E-state index in [4.69, 9.17) is 0 Å². The highest BCUT2D eigenvalue weighted by Crippen LogP contribution is 2.32. The minimum Gasteiger partial charge on any atom is -0.378 e. The summed E-state index contributed by atoms with van der Waals surface area (Å²) in [7, 11) is 4.10. The molecule has 0 saturated heterocycles. The number of fused-ring (bicyclic) bond motifs is 1. The SMILES string of the molecule is Cc1nn(C)c2c1NCC(C)N2C. The minimum atomic E-state index is 0.530. The third-order valence-corrected chi connectivity index (χ3v) is 2.76. The minimum absolute atomic E-state index is 0.530. The molecule has 0 spiro atoms. The average molecular weight is 180 g/mol. The fraction of sp³-hybridized carbons (Fsp3) is 0.667. The molecule has 0 fully saturated rings. The lowest BCUT2D eigenvalue weighted by molar-refractivity contribution is 0.653. The van der Waals surface area contributed by atoms with Gasteiger partial charge in [0.1, 0.15) is 5.69 Å². The lowest BCUT2D eigenvalue weighted by Gasteiger charge is -2.32. The van der Waals surface area contributed by atoms with Crippen LogP contribution in [0.3, 0.4) is 0 Å². The molecular formula is C9H16N4. The molecule has 0 saturated carbocycles. The van der Waals surface area contributed by atoms with Crippen molar-refractivity contribution in [1.29, 1.82) is 0 Å². The molecule has 2 rings (SSSR count). The van der Waals surface area contributed by atoms with Gasteiger partial charge in [-0.05, 0) is 13.8 Å². The smallest absolute Gasteiger partial charge is 0.150 e. The predicted molar refractivity (Wildman–Crippen MR) is 54.3 cm³/mol. The Bertz CT molecular complexity index is 329. The van der Waals surface area contributed by atoms with Crippen LogP contribution in [0.1, 0.15) is 12.6 Å². The van der Waals surface area contributed by atoms with Gasteiger partial charge in [0.15, 0.2) is 5.82 Å². The topological polar surface area (TPSA) is 33.1 Å². The number of hydrogen-bond acceptors (Lipinski definition) is 3. The quantitative estimate of drug-likeness (QED) is 0.646. The second kappa shape index (κ2) is 2.65. The van der Waals surface area contributed by atoms with E-state index in [0.717, 1.165) is 12.2 Å². The molecule has 4 heteroatoms. The zero-order chi connectivity index (χ0) is 9.59. The molecule has 1 N–H and O–H groups in total. The van der Waals surface area contributed by atoms with Crippen molar-refractivity contribution >= 4 is 11.5 Å². The maximum Gasteiger partial charge on any atom is 0.150 e. The van der Waals surface area contributed by atoms with Crippen LogP contribution in [0.5, 0.6) is 0 Å². The zero-order valence-corrected chi connectivity index (χ0v) is 8.63. The lowest BCUT2D eigenvalue weighted by atomic mass is 10.2. The van der Waals surface area contributed by atoms with E-state index in [9.17, 15) is 0 Å². The van der Waals surface area contributed by atoms with Crippen molar-refractivity contribution in [2.45, 2.75) is 19.9 Å². The van der Waals surface area contributed by atoms with Gasteiger partial charge in [-0.2, -0.15) is 5.10 Å². The highest BCUT2D eigenvalue weighted by Gasteiger charge is 2.24. The van der Waals surface area contributed by atoms with Gasteiger partial charge in [-0.3, -0.25) is 4.68 Å². The van der Waals surface area contributed by atoms with Gasteiger partial charge in [0.25, 0.3) is 0 Å². The van der Waals surface area contributed by atoms with Gasteiger partial charge in [-0.25, -0.2) is 0 Å². The first-order valence-electron chi connectivity index (χ1n) is 4.61. The normalized spacial score (nSPS) is 21.2. The Morgan fingerprint density at radius 2 is 2.15 bits per heavy atom. The van der Waals surface area contributed by atoms with Crippen LogP contribution in [0.25, 0.3) is 0 Å². The molecule has 2 heterocycles. The van der Waals surface area contributed by atoms with E-state index in [1.54, 1.807) is 0 Å². The van der Waals surface area contributed by atoms with Crippen molar-refractivity contribution in [1.82, 2.24) is 9.78 Å². The van der Waals surface area contributed by atoms with Gasteiger partial charge in [0, 0.05) is 26.7 Å². The van der Waals surface area contributed by atoms with Crippen LogP contribution in [-0.2, 0) is 7.05 Å². The van der Waals surface area contributed by atoms with Gasteiger partial charge in [-0.15, -0.1) is 0 Å². The van der Waals surface area contributed by atoms with Crippen LogP contribution in [0, 0.1) is 6.92 Å². The molecule has 4 nitrogen and oxygen atoms in total. The Morgan fingerprint density at radius 3 is 2.85 bits per heavy atom. The molecule has 1 aromatic rings. The predicted octanol–water partition coefficient (Wildman–Crippen LogP) is 0.979. The summed E-state index contributed by atoms with van der Waals surface area (Å²) in [5.74, 6) is 1.19. The fourth-order valence-electron chi connectivity index (χ4n) is 1.85. The van der Waals surface area contributed by atoms with Crippen LogP contribution in [0.4, 0.5) is 11.5 Å². The van der Waals surface area contributed by atoms with Crippen LogP contribution in [-0.4, -0.2) is 29.4 Å².